The minimum Gasteiger partial charge on any atom is -0.331 e. The molecule has 1 saturated heterocycles. The van der Waals surface area contributed by atoms with Gasteiger partial charge in [0, 0.05) is 30.3 Å². The largest absolute Gasteiger partial charge is 0.331 e. The van der Waals surface area contributed by atoms with Crippen LogP contribution in [0, 0.1) is 11.8 Å². The van der Waals surface area contributed by atoms with E-state index in [1.165, 1.54) is 0 Å². The lowest BCUT2D eigenvalue weighted by molar-refractivity contribution is -0.141. The van der Waals surface area contributed by atoms with Gasteiger partial charge in [-0.2, -0.15) is 0 Å². The van der Waals surface area contributed by atoms with Gasteiger partial charge >= 0.3 is 0 Å². The molecule has 0 bridgehead atoms. The summed E-state index contributed by atoms with van der Waals surface area (Å²) >= 11 is 0. The predicted molar refractivity (Wildman–Crippen MR) is 107 cm³/mol. The van der Waals surface area contributed by atoms with Crippen molar-refractivity contribution in [2.75, 3.05) is 17.2 Å². The van der Waals surface area contributed by atoms with Crippen LogP contribution in [0.2, 0.25) is 0 Å². The number of nitrogens with zero attached hydrogens (tertiary/aromatic N) is 1. The quantitative estimate of drug-likeness (QED) is 0.766. The van der Waals surface area contributed by atoms with Gasteiger partial charge in [-0.15, -0.1) is 0 Å². The van der Waals surface area contributed by atoms with E-state index >= 15 is 0 Å². The number of anilines is 2. The van der Waals surface area contributed by atoms with E-state index in [2.05, 4.69) is 24.5 Å². The topological polar surface area (TPSA) is 78.5 Å². The molecule has 27 heavy (non-hydrogen) atoms. The van der Waals surface area contributed by atoms with Gasteiger partial charge in [0.05, 0.1) is 0 Å². The average molecular weight is 373 g/mol. The van der Waals surface area contributed by atoms with Crippen LogP contribution in [0.5, 0.6) is 0 Å². The highest BCUT2D eigenvalue weighted by Crippen LogP contribution is 2.22. The van der Waals surface area contributed by atoms with Gasteiger partial charge in [-0.3, -0.25) is 14.4 Å². The molecule has 0 aliphatic carbocycles. The van der Waals surface area contributed by atoms with Gasteiger partial charge < -0.3 is 15.5 Å². The summed E-state index contributed by atoms with van der Waals surface area (Å²) in [6, 6.07) is 6.63. The van der Waals surface area contributed by atoms with Crippen LogP contribution in [-0.2, 0) is 14.4 Å². The predicted octanol–water partition coefficient (Wildman–Crippen LogP) is 3.65. The highest BCUT2D eigenvalue weighted by Gasteiger charge is 2.31. The van der Waals surface area contributed by atoms with Crippen molar-refractivity contribution in [2.24, 2.45) is 11.8 Å². The molecule has 1 atom stereocenters. The summed E-state index contributed by atoms with van der Waals surface area (Å²) in [5.74, 6) is -0.0164. The molecule has 1 fully saturated rings. The molecular weight excluding hydrogens is 342 g/mol. The zero-order chi connectivity index (χ0) is 20.0. The third-order valence-electron chi connectivity index (χ3n) is 4.66. The third kappa shape index (κ3) is 6.08. The number of carbonyl (C=O) groups excluding carboxylic acids is 3. The normalized spacial score (nSPS) is 15.8. The monoisotopic (exact) mass is 373 g/mol. The van der Waals surface area contributed by atoms with Gasteiger partial charge in [-0.05, 0) is 43.4 Å². The molecule has 1 aromatic carbocycles. The fourth-order valence-electron chi connectivity index (χ4n) is 3.17. The third-order valence-corrected chi connectivity index (χ3v) is 4.66. The summed E-state index contributed by atoms with van der Waals surface area (Å²) in [5, 5.41) is 5.76. The second-order valence-corrected chi connectivity index (χ2v) is 7.90. The van der Waals surface area contributed by atoms with Crippen LogP contribution in [-0.4, -0.2) is 35.2 Å². The summed E-state index contributed by atoms with van der Waals surface area (Å²) in [5.41, 5.74) is 1.25. The summed E-state index contributed by atoms with van der Waals surface area (Å²) in [4.78, 5) is 38.9. The number of amides is 3. The molecule has 6 nitrogen and oxygen atoms in total. The van der Waals surface area contributed by atoms with E-state index in [1.807, 2.05) is 13.8 Å². The maximum atomic E-state index is 12.9. The summed E-state index contributed by atoms with van der Waals surface area (Å²) in [7, 11) is 0. The minimum absolute atomic E-state index is 0.0556. The molecule has 0 aromatic heterocycles. The first kappa shape index (κ1) is 20.9. The Morgan fingerprint density at radius 3 is 2.22 bits per heavy atom. The zero-order valence-corrected chi connectivity index (χ0v) is 16.7. The first-order valence-electron chi connectivity index (χ1n) is 9.79. The number of carbonyl (C=O) groups is 3. The number of benzene rings is 1. The van der Waals surface area contributed by atoms with E-state index in [1.54, 1.807) is 29.2 Å². The summed E-state index contributed by atoms with van der Waals surface area (Å²) in [6.45, 7) is 8.39. The van der Waals surface area contributed by atoms with Crippen molar-refractivity contribution in [2.45, 2.75) is 59.4 Å². The molecule has 1 aliphatic heterocycles. The Kier molecular flexibility index (Phi) is 7.39. The van der Waals surface area contributed by atoms with Crippen LogP contribution in [0.3, 0.4) is 0 Å². The fraction of sp³-hybridized carbons (Fsp3) is 0.571. The lowest BCUT2D eigenvalue weighted by Crippen LogP contribution is -2.49. The van der Waals surface area contributed by atoms with Crippen molar-refractivity contribution in [3.63, 3.8) is 0 Å². The van der Waals surface area contributed by atoms with Crippen molar-refractivity contribution in [3.05, 3.63) is 24.3 Å². The first-order valence-corrected chi connectivity index (χ1v) is 9.79. The number of hydrogen-bond acceptors (Lipinski definition) is 3. The van der Waals surface area contributed by atoms with Crippen LogP contribution in [0.25, 0.3) is 0 Å². The number of likely N-dealkylation sites (tertiary alicyclic amines) is 1. The molecule has 0 unspecified atom stereocenters. The standard InChI is InChI=1S/C21H31N3O3/c1-14(2)12-18(24-11-6-5-10-19(24)25)21(27)23-17-9-7-8-16(13-17)22-20(26)15(3)4/h7-9,13-15,18H,5-6,10-12H2,1-4H3,(H,22,26)(H,23,27)/t18-/m1/s1. The van der Waals surface area contributed by atoms with Crippen molar-refractivity contribution < 1.29 is 14.4 Å². The Balaban J connectivity index is 2.12. The Labute approximate surface area is 161 Å². The lowest BCUT2D eigenvalue weighted by Gasteiger charge is -2.34. The SMILES string of the molecule is CC(C)C[C@H](C(=O)Nc1cccc(NC(=O)C(C)C)c1)N1CCCCC1=O. The molecule has 2 N–H and O–H groups in total. The van der Waals surface area contributed by atoms with Gasteiger partial charge in [0.25, 0.3) is 0 Å². The van der Waals surface area contributed by atoms with E-state index in [0.717, 1.165) is 12.8 Å². The molecular formula is C21H31N3O3. The Morgan fingerprint density at radius 1 is 1.04 bits per heavy atom. The van der Waals surface area contributed by atoms with Gasteiger partial charge in [0.2, 0.25) is 17.7 Å². The molecule has 2 rings (SSSR count). The molecule has 1 aromatic rings. The van der Waals surface area contributed by atoms with Crippen molar-refractivity contribution in [1.29, 1.82) is 0 Å². The molecule has 0 spiro atoms. The summed E-state index contributed by atoms with van der Waals surface area (Å²) < 4.78 is 0. The number of hydrogen-bond donors (Lipinski definition) is 2. The lowest BCUT2D eigenvalue weighted by atomic mass is 9.98. The number of nitrogens with one attached hydrogen (secondary N) is 2. The second-order valence-electron chi connectivity index (χ2n) is 7.90. The van der Waals surface area contributed by atoms with E-state index in [9.17, 15) is 14.4 Å². The Morgan fingerprint density at radius 2 is 1.67 bits per heavy atom. The molecule has 1 aliphatic rings. The zero-order valence-electron chi connectivity index (χ0n) is 16.7. The smallest absolute Gasteiger partial charge is 0.247 e. The van der Waals surface area contributed by atoms with Gasteiger partial charge in [-0.1, -0.05) is 33.8 Å². The van der Waals surface area contributed by atoms with E-state index in [0.29, 0.717) is 36.7 Å². The van der Waals surface area contributed by atoms with Crippen LogP contribution in [0.15, 0.2) is 24.3 Å². The first-order chi connectivity index (χ1) is 12.8. The van der Waals surface area contributed by atoms with Crippen molar-refractivity contribution in [3.8, 4) is 0 Å². The minimum atomic E-state index is -0.466. The molecule has 3 amide bonds. The maximum Gasteiger partial charge on any atom is 0.247 e. The average Bonchev–Trinajstić information content (AvgIpc) is 2.60. The molecule has 0 radical (unpaired) electrons. The molecule has 0 saturated carbocycles. The molecule has 1 heterocycles. The fourth-order valence-corrected chi connectivity index (χ4v) is 3.17. The van der Waals surface area contributed by atoms with Gasteiger partial charge in [0.1, 0.15) is 6.04 Å². The Hall–Kier alpha value is -2.37. The number of rotatable bonds is 7. The van der Waals surface area contributed by atoms with Crippen LogP contribution >= 0.6 is 0 Å². The van der Waals surface area contributed by atoms with Crippen LogP contribution < -0.4 is 10.6 Å². The van der Waals surface area contributed by atoms with Crippen LogP contribution in [0.1, 0.15) is 53.4 Å². The highest BCUT2D eigenvalue weighted by molar-refractivity contribution is 5.98. The van der Waals surface area contributed by atoms with Crippen LogP contribution in [0.4, 0.5) is 11.4 Å². The number of piperidine rings is 1. The molecule has 148 valence electrons. The van der Waals surface area contributed by atoms with Crippen molar-refractivity contribution in [1.82, 2.24) is 4.90 Å². The van der Waals surface area contributed by atoms with E-state index in [-0.39, 0.29) is 23.6 Å². The van der Waals surface area contributed by atoms with E-state index in [4.69, 9.17) is 0 Å². The summed E-state index contributed by atoms with van der Waals surface area (Å²) in [6.07, 6.45) is 2.97. The van der Waals surface area contributed by atoms with Gasteiger partial charge in [-0.25, -0.2) is 0 Å². The van der Waals surface area contributed by atoms with Crippen molar-refractivity contribution >= 4 is 29.1 Å². The Bertz CT molecular complexity index is 685. The van der Waals surface area contributed by atoms with E-state index < -0.39 is 6.04 Å². The van der Waals surface area contributed by atoms with Gasteiger partial charge in [0.15, 0.2) is 0 Å². The second kappa shape index (κ2) is 9.53. The highest BCUT2D eigenvalue weighted by atomic mass is 16.2. The maximum absolute atomic E-state index is 12.9. The molecule has 6 heteroatoms.